The van der Waals surface area contributed by atoms with Gasteiger partial charge in [0, 0.05) is 13.0 Å². The number of phosphoric ester groups is 1. The van der Waals surface area contributed by atoms with Crippen molar-refractivity contribution >= 4 is 13.8 Å². The van der Waals surface area contributed by atoms with Crippen molar-refractivity contribution in [3.8, 4) is 0 Å². The molecule has 49 heavy (non-hydrogen) atoms. The number of aliphatic hydroxyl groups excluding tert-OH is 5. The Kier molecular flexibility index (Phi) is 27.3. The minimum absolute atomic E-state index is 0.0695. The Hall–Kier alpha value is -0.660. The number of phosphoric acid groups is 1. The van der Waals surface area contributed by atoms with Crippen molar-refractivity contribution in [3.63, 3.8) is 0 Å². The molecule has 292 valence electrons. The van der Waals surface area contributed by atoms with Crippen LogP contribution in [0.3, 0.4) is 0 Å². The lowest BCUT2D eigenvalue weighted by atomic mass is 9.85. The van der Waals surface area contributed by atoms with Crippen molar-refractivity contribution in [1.29, 1.82) is 0 Å². The largest absolute Gasteiger partial charge is 0.472 e. The molecule has 6 N–H and O–H groups in total. The van der Waals surface area contributed by atoms with Crippen LogP contribution in [0.1, 0.15) is 162 Å². The Balaban J connectivity index is 2.44. The molecule has 0 bridgehead atoms. The smallest absolute Gasteiger partial charge is 0.457 e. The summed E-state index contributed by atoms with van der Waals surface area (Å²) in [4.78, 5) is 22.9. The van der Waals surface area contributed by atoms with Gasteiger partial charge in [0.15, 0.2) is 0 Å². The average molecular weight is 727 g/mol. The van der Waals surface area contributed by atoms with Crippen LogP contribution in [0.2, 0.25) is 0 Å². The minimum atomic E-state index is -4.99. The SMILES string of the molecule is CCCCCCCCCCCCCCCCOCC(COP(=O)(O)OC1C(O)C(O)C(O)C(O)C1O)OC(=O)CCCCCCCCCC. The van der Waals surface area contributed by atoms with Gasteiger partial charge in [-0.1, -0.05) is 142 Å². The molecule has 1 rings (SSSR count). The molecule has 12 nitrogen and oxygen atoms in total. The number of aliphatic hydroxyl groups is 5. The van der Waals surface area contributed by atoms with Gasteiger partial charge in [-0.25, -0.2) is 4.57 Å². The number of hydrogen-bond donors (Lipinski definition) is 6. The van der Waals surface area contributed by atoms with E-state index in [4.69, 9.17) is 18.5 Å². The number of hydrogen-bond acceptors (Lipinski definition) is 11. The number of rotatable bonds is 32. The standard InChI is InChI=1S/C36H71O12P/c1-3-5-7-9-11-13-14-15-16-17-18-20-22-24-26-45-27-29(47-30(37)25-23-21-19-12-10-8-6-4-2)28-46-49(43,44)48-36-34(41)32(39)31(38)33(40)35(36)42/h29,31-36,38-42H,3-28H2,1-2H3,(H,43,44). The maximum absolute atomic E-state index is 12.7. The van der Waals surface area contributed by atoms with Gasteiger partial charge in [0.25, 0.3) is 0 Å². The first-order valence-corrected chi connectivity index (χ1v) is 20.9. The van der Waals surface area contributed by atoms with Crippen molar-refractivity contribution in [2.45, 2.75) is 204 Å². The van der Waals surface area contributed by atoms with Crippen molar-refractivity contribution in [1.82, 2.24) is 0 Å². The maximum atomic E-state index is 12.7. The Morgan fingerprint density at radius 3 is 1.41 bits per heavy atom. The molecule has 0 saturated heterocycles. The van der Waals surface area contributed by atoms with Crippen LogP contribution in [0.5, 0.6) is 0 Å². The van der Waals surface area contributed by atoms with Gasteiger partial charge in [-0.2, -0.15) is 0 Å². The molecule has 0 amide bonds. The van der Waals surface area contributed by atoms with E-state index in [0.29, 0.717) is 13.0 Å². The quantitative estimate of drug-likeness (QED) is 0.0260. The lowest BCUT2D eigenvalue weighted by Gasteiger charge is -2.41. The number of unbranched alkanes of at least 4 members (excludes halogenated alkanes) is 20. The first-order valence-electron chi connectivity index (χ1n) is 19.4. The van der Waals surface area contributed by atoms with E-state index in [1.54, 1.807) is 0 Å². The van der Waals surface area contributed by atoms with Crippen LogP contribution in [0.15, 0.2) is 0 Å². The summed E-state index contributed by atoms with van der Waals surface area (Å²) in [6.45, 7) is 4.21. The second kappa shape index (κ2) is 28.9. The van der Waals surface area contributed by atoms with Crippen LogP contribution >= 0.6 is 7.82 Å². The monoisotopic (exact) mass is 726 g/mol. The highest BCUT2D eigenvalue weighted by Crippen LogP contribution is 2.47. The van der Waals surface area contributed by atoms with Gasteiger partial charge in [0.2, 0.25) is 0 Å². The highest BCUT2D eigenvalue weighted by atomic mass is 31.2. The van der Waals surface area contributed by atoms with Gasteiger partial charge in [0.05, 0.1) is 13.2 Å². The normalized spacial score (nSPS) is 24.5. The van der Waals surface area contributed by atoms with Crippen LogP contribution in [0.4, 0.5) is 0 Å². The van der Waals surface area contributed by atoms with E-state index in [0.717, 1.165) is 38.5 Å². The molecule has 13 heteroatoms. The molecule has 0 aromatic heterocycles. The van der Waals surface area contributed by atoms with E-state index in [1.165, 1.54) is 96.3 Å². The molecule has 6 atom stereocenters. The molecule has 6 unspecified atom stereocenters. The summed E-state index contributed by atoms with van der Waals surface area (Å²) < 4.78 is 33.9. The molecule has 0 radical (unpaired) electrons. The third-order valence-electron chi connectivity index (χ3n) is 9.23. The fourth-order valence-electron chi connectivity index (χ4n) is 6.06. The highest BCUT2D eigenvalue weighted by Gasteiger charge is 2.51. The number of carbonyl (C=O) groups is 1. The molecular formula is C36H71O12P. The van der Waals surface area contributed by atoms with E-state index in [1.807, 2.05) is 0 Å². The van der Waals surface area contributed by atoms with Crippen LogP contribution in [0.25, 0.3) is 0 Å². The zero-order valence-electron chi connectivity index (χ0n) is 30.5. The van der Waals surface area contributed by atoms with Gasteiger partial charge in [-0.05, 0) is 12.8 Å². The summed E-state index contributed by atoms with van der Waals surface area (Å²) in [5, 5.41) is 49.9. The van der Waals surface area contributed by atoms with Crippen LogP contribution in [0, 0.1) is 0 Å². The Labute approximate surface area is 295 Å². The summed E-state index contributed by atoms with van der Waals surface area (Å²) in [6, 6.07) is 0. The van der Waals surface area contributed by atoms with E-state index in [9.17, 15) is 39.8 Å². The molecular weight excluding hydrogens is 655 g/mol. The average Bonchev–Trinajstić information content (AvgIpc) is 3.08. The molecule has 1 fully saturated rings. The van der Waals surface area contributed by atoms with Crippen molar-refractivity contribution < 1.29 is 58.3 Å². The predicted molar refractivity (Wildman–Crippen MR) is 189 cm³/mol. The zero-order valence-corrected chi connectivity index (χ0v) is 31.4. The number of carbonyl (C=O) groups excluding carboxylic acids is 1. The highest BCUT2D eigenvalue weighted by molar-refractivity contribution is 7.47. The van der Waals surface area contributed by atoms with E-state index >= 15 is 0 Å². The van der Waals surface area contributed by atoms with E-state index in [2.05, 4.69) is 13.8 Å². The third-order valence-corrected chi connectivity index (χ3v) is 10.2. The zero-order chi connectivity index (χ0) is 36.3. The summed E-state index contributed by atoms with van der Waals surface area (Å²) in [6.07, 6.45) is 13.4. The number of ether oxygens (including phenoxy) is 2. The van der Waals surface area contributed by atoms with Crippen LogP contribution < -0.4 is 0 Å². The first kappa shape index (κ1) is 46.4. The van der Waals surface area contributed by atoms with E-state index in [-0.39, 0.29) is 13.0 Å². The molecule has 0 aliphatic heterocycles. The molecule has 1 saturated carbocycles. The van der Waals surface area contributed by atoms with Crippen LogP contribution in [-0.4, -0.2) is 98.9 Å². The molecule has 0 aromatic carbocycles. The van der Waals surface area contributed by atoms with Crippen molar-refractivity contribution in [2.75, 3.05) is 19.8 Å². The fraction of sp³-hybridized carbons (Fsp3) is 0.972. The summed E-state index contributed by atoms with van der Waals surface area (Å²) >= 11 is 0. The topological polar surface area (TPSA) is 192 Å². The molecule has 0 heterocycles. The summed E-state index contributed by atoms with van der Waals surface area (Å²) in [7, 11) is -4.99. The van der Waals surface area contributed by atoms with Gasteiger partial charge in [-0.3, -0.25) is 13.8 Å². The Morgan fingerprint density at radius 1 is 0.571 bits per heavy atom. The summed E-state index contributed by atoms with van der Waals surface area (Å²) in [5.41, 5.74) is 0. The van der Waals surface area contributed by atoms with Gasteiger partial charge < -0.3 is 39.9 Å². The lowest BCUT2D eigenvalue weighted by molar-refractivity contribution is -0.220. The van der Waals surface area contributed by atoms with Gasteiger partial charge in [0.1, 0.15) is 42.7 Å². The lowest BCUT2D eigenvalue weighted by Crippen LogP contribution is -2.64. The maximum Gasteiger partial charge on any atom is 0.472 e. The molecule has 0 spiro atoms. The minimum Gasteiger partial charge on any atom is -0.457 e. The van der Waals surface area contributed by atoms with Crippen molar-refractivity contribution in [2.24, 2.45) is 0 Å². The van der Waals surface area contributed by atoms with E-state index < -0.39 is 63.1 Å². The second-order valence-corrected chi connectivity index (χ2v) is 15.2. The van der Waals surface area contributed by atoms with Crippen LogP contribution in [-0.2, 0) is 27.9 Å². The fourth-order valence-corrected chi connectivity index (χ4v) is 7.03. The first-order chi connectivity index (χ1) is 23.5. The predicted octanol–water partition coefficient (Wildman–Crippen LogP) is 6.25. The summed E-state index contributed by atoms with van der Waals surface area (Å²) in [5.74, 6) is -0.480. The third kappa shape index (κ3) is 22.1. The Bertz CT molecular complexity index is 833. The Morgan fingerprint density at radius 2 is 0.959 bits per heavy atom. The molecule has 0 aromatic rings. The molecule has 1 aliphatic carbocycles. The van der Waals surface area contributed by atoms with Gasteiger partial charge >= 0.3 is 13.8 Å². The number of esters is 1. The van der Waals surface area contributed by atoms with Gasteiger partial charge in [-0.15, -0.1) is 0 Å². The molecule has 1 aliphatic rings. The second-order valence-electron chi connectivity index (χ2n) is 13.8. The van der Waals surface area contributed by atoms with Crippen molar-refractivity contribution in [3.05, 3.63) is 0 Å².